The Morgan fingerprint density at radius 3 is 2.70 bits per heavy atom. The molecule has 23 heavy (non-hydrogen) atoms. The van der Waals surface area contributed by atoms with Gasteiger partial charge in [0.15, 0.2) is 5.60 Å². The van der Waals surface area contributed by atoms with Gasteiger partial charge in [-0.1, -0.05) is 6.08 Å². The molecule has 3 aliphatic rings. The maximum absolute atomic E-state index is 12.4. The second-order valence-electron chi connectivity index (χ2n) is 7.00. The van der Waals surface area contributed by atoms with Crippen LogP contribution in [-0.2, 0) is 19.1 Å². The van der Waals surface area contributed by atoms with Crippen LogP contribution in [0.3, 0.4) is 0 Å². The first kappa shape index (κ1) is 16.4. The van der Waals surface area contributed by atoms with Crippen molar-refractivity contribution in [2.45, 2.75) is 50.5 Å². The van der Waals surface area contributed by atoms with Gasteiger partial charge in [0.05, 0.1) is 12.0 Å². The SMILES string of the molecule is CC1C(=O)O[C@@H]2CCN3CC=C(COC(=O)[C@](C)(O)[C@]1(C)O)[C@@H]23. The number of cyclic esters (lactones) is 1. The molecule has 3 aliphatic heterocycles. The quantitative estimate of drug-likeness (QED) is 0.462. The summed E-state index contributed by atoms with van der Waals surface area (Å²) < 4.78 is 10.8. The summed E-state index contributed by atoms with van der Waals surface area (Å²) in [5.74, 6) is -2.65. The molecule has 0 aromatic rings. The van der Waals surface area contributed by atoms with Crippen LogP contribution in [0.4, 0.5) is 0 Å². The van der Waals surface area contributed by atoms with E-state index in [1.807, 2.05) is 6.08 Å². The topological polar surface area (TPSA) is 96.3 Å². The third kappa shape index (κ3) is 2.38. The van der Waals surface area contributed by atoms with Crippen LogP contribution in [0, 0.1) is 5.92 Å². The number of aliphatic hydroxyl groups is 2. The molecule has 128 valence electrons. The number of hydrogen-bond acceptors (Lipinski definition) is 7. The maximum Gasteiger partial charge on any atom is 0.341 e. The van der Waals surface area contributed by atoms with E-state index in [2.05, 4.69) is 4.90 Å². The molecule has 0 saturated carbocycles. The summed E-state index contributed by atoms with van der Waals surface area (Å²) in [5, 5.41) is 21.1. The van der Waals surface area contributed by atoms with E-state index in [0.717, 1.165) is 25.6 Å². The number of nitrogens with zero attached hydrogens (tertiary/aromatic N) is 1. The van der Waals surface area contributed by atoms with E-state index in [-0.39, 0.29) is 18.8 Å². The lowest BCUT2D eigenvalue weighted by Crippen LogP contribution is -2.61. The molecule has 2 fully saturated rings. The van der Waals surface area contributed by atoms with Crippen molar-refractivity contribution in [3.05, 3.63) is 11.6 Å². The van der Waals surface area contributed by atoms with Gasteiger partial charge in [0.2, 0.25) is 0 Å². The van der Waals surface area contributed by atoms with Crippen molar-refractivity contribution >= 4 is 11.9 Å². The monoisotopic (exact) mass is 325 g/mol. The van der Waals surface area contributed by atoms with Gasteiger partial charge in [-0.05, 0) is 32.8 Å². The highest BCUT2D eigenvalue weighted by Crippen LogP contribution is 2.36. The van der Waals surface area contributed by atoms with Crippen LogP contribution in [0.2, 0.25) is 0 Å². The van der Waals surface area contributed by atoms with Crippen molar-refractivity contribution in [2.75, 3.05) is 19.7 Å². The Balaban J connectivity index is 1.97. The Hall–Kier alpha value is -1.44. The first-order valence-electron chi connectivity index (χ1n) is 7.91. The minimum Gasteiger partial charge on any atom is -0.460 e. The molecule has 0 bridgehead atoms. The Morgan fingerprint density at radius 1 is 1.30 bits per heavy atom. The fraction of sp³-hybridized carbons (Fsp3) is 0.750. The van der Waals surface area contributed by atoms with Gasteiger partial charge in [-0.3, -0.25) is 9.69 Å². The molecule has 0 aliphatic carbocycles. The smallest absolute Gasteiger partial charge is 0.341 e. The van der Waals surface area contributed by atoms with Crippen LogP contribution >= 0.6 is 0 Å². The molecule has 2 N–H and O–H groups in total. The highest BCUT2D eigenvalue weighted by molar-refractivity contribution is 5.83. The average Bonchev–Trinajstić information content (AvgIpc) is 3.06. The van der Waals surface area contributed by atoms with Gasteiger partial charge in [0, 0.05) is 13.1 Å². The normalized spacial score (nSPS) is 44.9. The Morgan fingerprint density at radius 2 is 2.00 bits per heavy atom. The van der Waals surface area contributed by atoms with E-state index >= 15 is 0 Å². The molecule has 0 spiro atoms. The van der Waals surface area contributed by atoms with Gasteiger partial charge in [-0.2, -0.15) is 0 Å². The molecule has 3 rings (SSSR count). The van der Waals surface area contributed by atoms with E-state index in [4.69, 9.17) is 9.47 Å². The lowest BCUT2D eigenvalue weighted by molar-refractivity contribution is -0.205. The third-order valence-electron chi connectivity index (χ3n) is 5.63. The molecule has 1 unspecified atom stereocenters. The third-order valence-corrected chi connectivity index (χ3v) is 5.63. The molecule has 7 heteroatoms. The number of carbonyl (C=O) groups is 2. The molecule has 0 aromatic heterocycles. The number of carbonyl (C=O) groups excluding carboxylic acids is 2. The fourth-order valence-electron chi connectivity index (χ4n) is 3.52. The zero-order valence-corrected chi connectivity index (χ0v) is 13.6. The van der Waals surface area contributed by atoms with Gasteiger partial charge >= 0.3 is 11.9 Å². The van der Waals surface area contributed by atoms with E-state index in [1.165, 1.54) is 13.8 Å². The van der Waals surface area contributed by atoms with Crippen molar-refractivity contribution < 1.29 is 29.3 Å². The number of ether oxygens (including phenoxy) is 2. The zero-order valence-electron chi connectivity index (χ0n) is 13.6. The molecule has 0 aromatic carbocycles. The van der Waals surface area contributed by atoms with Gasteiger partial charge in [0.1, 0.15) is 18.3 Å². The van der Waals surface area contributed by atoms with Crippen LogP contribution in [0.25, 0.3) is 0 Å². The molecule has 0 amide bonds. The molecule has 7 nitrogen and oxygen atoms in total. The van der Waals surface area contributed by atoms with Crippen molar-refractivity contribution in [1.29, 1.82) is 0 Å². The lowest BCUT2D eigenvalue weighted by Gasteiger charge is -2.39. The Kier molecular flexibility index (Phi) is 3.78. The van der Waals surface area contributed by atoms with Gasteiger partial charge in [0.25, 0.3) is 0 Å². The van der Waals surface area contributed by atoms with Crippen molar-refractivity contribution in [1.82, 2.24) is 4.90 Å². The summed E-state index contributed by atoms with van der Waals surface area (Å²) in [7, 11) is 0. The van der Waals surface area contributed by atoms with Crippen LogP contribution in [0.15, 0.2) is 11.6 Å². The van der Waals surface area contributed by atoms with Crippen LogP contribution in [0.1, 0.15) is 27.2 Å². The minimum atomic E-state index is -2.22. The average molecular weight is 325 g/mol. The number of hydrogen-bond donors (Lipinski definition) is 2. The second-order valence-corrected chi connectivity index (χ2v) is 7.00. The van der Waals surface area contributed by atoms with Crippen LogP contribution < -0.4 is 0 Å². The van der Waals surface area contributed by atoms with Crippen molar-refractivity contribution in [3.8, 4) is 0 Å². The molecule has 5 atom stereocenters. The maximum atomic E-state index is 12.4. The first-order valence-corrected chi connectivity index (χ1v) is 7.91. The Bertz CT molecular complexity index is 567. The van der Waals surface area contributed by atoms with E-state index in [1.54, 1.807) is 0 Å². The highest BCUT2D eigenvalue weighted by Gasteiger charge is 2.56. The molecule has 2 saturated heterocycles. The molecular weight excluding hydrogens is 302 g/mol. The lowest BCUT2D eigenvalue weighted by atomic mass is 9.76. The summed E-state index contributed by atoms with van der Waals surface area (Å²) in [6.07, 6.45) is 2.34. The Labute approximate surface area is 134 Å². The highest BCUT2D eigenvalue weighted by atomic mass is 16.6. The van der Waals surface area contributed by atoms with Crippen molar-refractivity contribution in [2.24, 2.45) is 5.92 Å². The minimum absolute atomic E-state index is 0.0225. The number of esters is 2. The summed E-state index contributed by atoms with van der Waals surface area (Å²) in [6.45, 7) is 5.41. The van der Waals surface area contributed by atoms with Gasteiger partial charge < -0.3 is 19.7 Å². The fourth-order valence-corrected chi connectivity index (χ4v) is 3.52. The number of rotatable bonds is 0. The van der Waals surface area contributed by atoms with Gasteiger partial charge in [-0.15, -0.1) is 0 Å². The van der Waals surface area contributed by atoms with E-state index in [9.17, 15) is 19.8 Å². The summed E-state index contributed by atoms with van der Waals surface area (Å²) in [4.78, 5) is 26.9. The zero-order chi connectivity index (χ0) is 17.0. The molecule has 3 heterocycles. The largest absolute Gasteiger partial charge is 0.460 e. The van der Waals surface area contributed by atoms with E-state index < -0.39 is 29.1 Å². The standard InChI is InChI=1S/C16H23NO6/c1-9-13(18)23-11-5-7-17-6-4-10(12(11)17)8-22-14(19)16(3,21)15(9,2)20/h4,9,11-12,20-21H,5-8H2,1-3H3/t9?,11-,12+,15-,16+/m1/s1. The summed E-state index contributed by atoms with van der Waals surface area (Å²) in [6, 6.07) is -0.0908. The van der Waals surface area contributed by atoms with Crippen molar-refractivity contribution in [3.63, 3.8) is 0 Å². The predicted molar refractivity (Wildman–Crippen MR) is 79.3 cm³/mol. The van der Waals surface area contributed by atoms with Crippen LogP contribution in [0.5, 0.6) is 0 Å². The molecular formula is C16H23NO6. The predicted octanol–water partition coefficient (Wildman–Crippen LogP) is -0.393. The summed E-state index contributed by atoms with van der Waals surface area (Å²) >= 11 is 0. The van der Waals surface area contributed by atoms with Crippen LogP contribution in [-0.4, -0.2) is 70.1 Å². The summed E-state index contributed by atoms with van der Waals surface area (Å²) in [5.41, 5.74) is -3.35. The van der Waals surface area contributed by atoms with Gasteiger partial charge in [-0.25, -0.2) is 4.79 Å². The van der Waals surface area contributed by atoms with E-state index in [0.29, 0.717) is 6.42 Å². The second kappa shape index (κ2) is 5.29. The molecule has 0 radical (unpaired) electrons. The first-order chi connectivity index (χ1) is 10.7.